The van der Waals surface area contributed by atoms with Crippen molar-refractivity contribution < 1.29 is 5.11 Å². The van der Waals surface area contributed by atoms with E-state index >= 15 is 0 Å². The van der Waals surface area contributed by atoms with Crippen molar-refractivity contribution in [1.29, 1.82) is 0 Å². The van der Waals surface area contributed by atoms with Gasteiger partial charge in [-0.1, -0.05) is 19.1 Å². The van der Waals surface area contributed by atoms with Gasteiger partial charge >= 0.3 is 0 Å². The Morgan fingerprint density at radius 3 is 2.42 bits per heavy atom. The van der Waals surface area contributed by atoms with Crippen LogP contribution in [0.5, 0.6) is 0 Å². The highest BCUT2D eigenvalue weighted by molar-refractivity contribution is 7.99. The smallest absolute Gasteiger partial charge is 0.0681 e. The van der Waals surface area contributed by atoms with Crippen LogP contribution in [-0.2, 0) is 6.61 Å². The standard InChI is InChI=1S/C10H14OS/c1-2-7-12-10-5-3-9(8-11)4-6-10/h3-6,11H,2,7-8H2,1H3. The lowest BCUT2D eigenvalue weighted by Gasteiger charge is -2.00. The van der Waals surface area contributed by atoms with E-state index in [1.807, 2.05) is 23.9 Å². The Labute approximate surface area is 77.8 Å². The normalized spacial score (nSPS) is 10.2. The minimum atomic E-state index is 0.138. The van der Waals surface area contributed by atoms with Crippen molar-refractivity contribution in [2.75, 3.05) is 5.75 Å². The summed E-state index contributed by atoms with van der Waals surface area (Å²) in [4.78, 5) is 1.29. The summed E-state index contributed by atoms with van der Waals surface area (Å²) < 4.78 is 0. The number of aliphatic hydroxyl groups excluding tert-OH is 1. The van der Waals surface area contributed by atoms with Crippen LogP contribution in [0.3, 0.4) is 0 Å². The third kappa shape index (κ3) is 2.88. The fourth-order valence-electron chi connectivity index (χ4n) is 0.911. The van der Waals surface area contributed by atoms with Crippen molar-refractivity contribution in [1.82, 2.24) is 0 Å². The van der Waals surface area contributed by atoms with Crippen LogP contribution in [0.4, 0.5) is 0 Å². The van der Waals surface area contributed by atoms with Crippen molar-refractivity contribution in [3.8, 4) is 0 Å². The molecule has 1 aromatic carbocycles. The molecule has 0 atom stereocenters. The molecule has 1 rings (SSSR count). The molecule has 0 aliphatic rings. The monoisotopic (exact) mass is 182 g/mol. The van der Waals surface area contributed by atoms with Crippen molar-refractivity contribution in [3.05, 3.63) is 29.8 Å². The van der Waals surface area contributed by atoms with E-state index in [9.17, 15) is 0 Å². The molecule has 0 spiro atoms. The highest BCUT2D eigenvalue weighted by Gasteiger charge is 1.92. The fraction of sp³-hybridized carbons (Fsp3) is 0.400. The quantitative estimate of drug-likeness (QED) is 0.722. The van der Waals surface area contributed by atoms with Crippen LogP contribution in [0.2, 0.25) is 0 Å². The summed E-state index contributed by atoms with van der Waals surface area (Å²) in [6, 6.07) is 8.06. The van der Waals surface area contributed by atoms with Gasteiger partial charge in [-0.25, -0.2) is 0 Å². The Hall–Kier alpha value is -0.470. The Balaban J connectivity index is 2.53. The molecule has 0 radical (unpaired) electrons. The van der Waals surface area contributed by atoms with Gasteiger partial charge in [-0.2, -0.15) is 0 Å². The first-order chi connectivity index (χ1) is 5.86. The number of hydrogen-bond donors (Lipinski definition) is 1. The lowest BCUT2D eigenvalue weighted by molar-refractivity contribution is 0.282. The molecule has 1 nitrogen and oxygen atoms in total. The molecule has 0 aliphatic carbocycles. The molecule has 0 heterocycles. The van der Waals surface area contributed by atoms with E-state index in [-0.39, 0.29) is 6.61 Å². The number of hydrogen-bond acceptors (Lipinski definition) is 2. The van der Waals surface area contributed by atoms with E-state index in [1.165, 1.54) is 17.1 Å². The Morgan fingerprint density at radius 1 is 1.25 bits per heavy atom. The molecule has 66 valence electrons. The maximum atomic E-state index is 8.80. The van der Waals surface area contributed by atoms with Gasteiger partial charge in [-0.05, 0) is 29.9 Å². The van der Waals surface area contributed by atoms with Gasteiger partial charge < -0.3 is 5.11 Å². The van der Waals surface area contributed by atoms with E-state index in [4.69, 9.17) is 5.11 Å². The molecule has 0 aliphatic heterocycles. The second kappa shape index (κ2) is 5.22. The SMILES string of the molecule is CCCSc1ccc(CO)cc1. The first-order valence-electron chi connectivity index (χ1n) is 4.19. The zero-order valence-electron chi connectivity index (χ0n) is 7.29. The number of benzene rings is 1. The first kappa shape index (κ1) is 9.62. The maximum Gasteiger partial charge on any atom is 0.0681 e. The molecule has 1 aromatic rings. The number of rotatable bonds is 4. The van der Waals surface area contributed by atoms with Crippen molar-refractivity contribution in [3.63, 3.8) is 0 Å². The fourth-order valence-corrected chi connectivity index (χ4v) is 1.68. The zero-order chi connectivity index (χ0) is 8.81. The minimum Gasteiger partial charge on any atom is -0.392 e. The average molecular weight is 182 g/mol. The molecule has 2 heteroatoms. The predicted molar refractivity (Wildman–Crippen MR) is 53.4 cm³/mol. The van der Waals surface area contributed by atoms with Gasteiger partial charge in [0, 0.05) is 4.90 Å². The molecule has 1 N–H and O–H groups in total. The maximum absolute atomic E-state index is 8.80. The van der Waals surface area contributed by atoms with Crippen LogP contribution in [0, 0.1) is 0 Å². The molecule has 0 unspecified atom stereocenters. The van der Waals surface area contributed by atoms with Gasteiger partial charge in [0.1, 0.15) is 0 Å². The van der Waals surface area contributed by atoms with Gasteiger partial charge in [0.2, 0.25) is 0 Å². The summed E-state index contributed by atoms with van der Waals surface area (Å²) in [6.45, 7) is 2.31. The second-order valence-electron chi connectivity index (χ2n) is 2.65. The van der Waals surface area contributed by atoms with Gasteiger partial charge in [0.15, 0.2) is 0 Å². The van der Waals surface area contributed by atoms with E-state index in [2.05, 4.69) is 19.1 Å². The van der Waals surface area contributed by atoms with E-state index < -0.39 is 0 Å². The highest BCUT2D eigenvalue weighted by Crippen LogP contribution is 2.18. The second-order valence-corrected chi connectivity index (χ2v) is 3.82. The van der Waals surface area contributed by atoms with Gasteiger partial charge in [0.05, 0.1) is 6.61 Å². The predicted octanol–water partition coefficient (Wildman–Crippen LogP) is 2.68. The first-order valence-corrected chi connectivity index (χ1v) is 5.18. The topological polar surface area (TPSA) is 20.2 Å². The van der Waals surface area contributed by atoms with E-state index in [1.54, 1.807) is 0 Å². The van der Waals surface area contributed by atoms with Crippen molar-refractivity contribution >= 4 is 11.8 Å². The van der Waals surface area contributed by atoms with Crippen LogP contribution in [0.25, 0.3) is 0 Å². The zero-order valence-corrected chi connectivity index (χ0v) is 8.10. The van der Waals surface area contributed by atoms with Gasteiger partial charge in [-0.15, -0.1) is 11.8 Å². The average Bonchev–Trinajstić information content (AvgIpc) is 2.15. The van der Waals surface area contributed by atoms with Crippen LogP contribution in [0.15, 0.2) is 29.2 Å². The van der Waals surface area contributed by atoms with Crippen LogP contribution >= 0.6 is 11.8 Å². The summed E-state index contributed by atoms with van der Waals surface area (Å²) in [7, 11) is 0. The Kier molecular flexibility index (Phi) is 4.19. The minimum absolute atomic E-state index is 0.138. The molecule has 0 bridgehead atoms. The molecule has 0 fully saturated rings. The van der Waals surface area contributed by atoms with Crippen molar-refractivity contribution in [2.24, 2.45) is 0 Å². The molecule has 0 aromatic heterocycles. The summed E-state index contributed by atoms with van der Waals surface area (Å²) in [6.07, 6.45) is 1.20. The summed E-state index contributed by atoms with van der Waals surface area (Å²) in [5.41, 5.74) is 0.982. The van der Waals surface area contributed by atoms with Crippen molar-refractivity contribution in [2.45, 2.75) is 24.8 Å². The Morgan fingerprint density at radius 2 is 1.92 bits per heavy atom. The third-order valence-electron chi connectivity index (χ3n) is 1.58. The lowest BCUT2D eigenvalue weighted by Crippen LogP contribution is -1.82. The van der Waals surface area contributed by atoms with E-state index in [0.29, 0.717) is 0 Å². The van der Waals surface area contributed by atoms with Gasteiger partial charge in [-0.3, -0.25) is 0 Å². The van der Waals surface area contributed by atoms with E-state index in [0.717, 1.165) is 5.56 Å². The van der Waals surface area contributed by atoms with Crippen LogP contribution < -0.4 is 0 Å². The molecule has 0 saturated heterocycles. The Bertz CT molecular complexity index is 218. The summed E-state index contributed by atoms with van der Waals surface area (Å²) in [5, 5.41) is 8.80. The largest absolute Gasteiger partial charge is 0.392 e. The molecular weight excluding hydrogens is 168 g/mol. The summed E-state index contributed by atoms with van der Waals surface area (Å²) >= 11 is 1.86. The molecular formula is C10H14OS. The number of thioether (sulfide) groups is 1. The summed E-state index contributed by atoms with van der Waals surface area (Å²) in [5.74, 6) is 1.17. The van der Waals surface area contributed by atoms with Gasteiger partial charge in [0.25, 0.3) is 0 Å². The molecule has 0 amide bonds. The lowest BCUT2D eigenvalue weighted by atomic mass is 10.2. The third-order valence-corrected chi connectivity index (χ3v) is 2.80. The van der Waals surface area contributed by atoms with Crippen LogP contribution in [-0.4, -0.2) is 10.9 Å². The number of aliphatic hydroxyl groups is 1. The highest BCUT2D eigenvalue weighted by atomic mass is 32.2. The molecule has 12 heavy (non-hydrogen) atoms. The molecule has 0 saturated carbocycles. The van der Waals surface area contributed by atoms with Crippen LogP contribution in [0.1, 0.15) is 18.9 Å².